The van der Waals surface area contributed by atoms with E-state index in [-0.39, 0.29) is 17.2 Å². The van der Waals surface area contributed by atoms with Crippen molar-refractivity contribution in [3.05, 3.63) is 51.4 Å². The van der Waals surface area contributed by atoms with Gasteiger partial charge in [-0.2, -0.15) is 0 Å². The summed E-state index contributed by atoms with van der Waals surface area (Å²) in [4.78, 5) is 12.9. The Kier molecular flexibility index (Phi) is 3.94. The number of rotatable bonds is 4. The van der Waals surface area contributed by atoms with Gasteiger partial charge in [-0.3, -0.25) is 4.79 Å². The average Bonchev–Trinajstić information content (AvgIpc) is 3.16. The number of sulfone groups is 1. The smallest absolute Gasteiger partial charge is 0.261 e. The highest BCUT2D eigenvalue weighted by Crippen LogP contribution is 2.37. The van der Waals surface area contributed by atoms with Crippen LogP contribution < -0.4 is 5.32 Å². The molecule has 0 spiro atoms. The fourth-order valence-electron chi connectivity index (χ4n) is 3.10. The molecule has 2 aromatic rings. The van der Waals surface area contributed by atoms with Gasteiger partial charge in [0.1, 0.15) is 4.21 Å². The first-order valence-corrected chi connectivity index (χ1v) is 10.6. The third-order valence-corrected chi connectivity index (χ3v) is 8.64. The summed E-state index contributed by atoms with van der Waals surface area (Å²) < 4.78 is 24.8. The van der Waals surface area contributed by atoms with Crippen LogP contribution in [-0.2, 0) is 16.3 Å². The number of thiophene rings is 1. The number of carbonyl (C=O) groups excluding carboxylic acids is 1. The predicted molar refractivity (Wildman–Crippen MR) is 94.5 cm³/mol. The molecular formula is C17H16ClNO3S2. The van der Waals surface area contributed by atoms with E-state index in [1.807, 2.05) is 18.2 Å². The van der Waals surface area contributed by atoms with Crippen LogP contribution in [0.25, 0.3) is 0 Å². The van der Waals surface area contributed by atoms with Gasteiger partial charge in [-0.1, -0.05) is 17.7 Å². The number of hydrogen-bond acceptors (Lipinski definition) is 4. The van der Waals surface area contributed by atoms with E-state index < -0.39 is 9.84 Å². The van der Waals surface area contributed by atoms with Gasteiger partial charge in [-0.05, 0) is 61.1 Å². The molecule has 1 N–H and O–H groups in total. The molecule has 0 unspecified atom stereocenters. The summed E-state index contributed by atoms with van der Waals surface area (Å²) in [6, 6.07) is 8.83. The molecule has 1 saturated carbocycles. The number of amides is 1. The number of benzene rings is 1. The molecule has 0 radical (unpaired) electrons. The van der Waals surface area contributed by atoms with E-state index in [0.29, 0.717) is 14.1 Å². The van der Waals surface area contributed by atoms with E-state index in [9.17, 15) is 13.2 Å². The van der Waals surface area contributed by atoms with Gasteiger partial charge in [-0.25, -0.2) is 8.42 Å². The SMILES string of the molecule is O=C(N[C@@H]1CCc2cc(Cl)ccc21)c1ccc(S(=O)(=O)C2CC2)s1. The van der Waals surface area contributed by atoms with Crippen molar-refractivity contribution >= 4 is 38.7 Å². The Balaban J connectivity index is 1.51. The van der Waals surface area contributed by atoms with Gasteiger partial charge < -0.3 is 5.32 Å². The van der Waals surface area contributed by atoms with Crippen molar-refractivity contribution in [1.29, 1.82) is 0 Å². The lowest BCUT2D eigenvalue weighted by Gasteiger charge is -2.13. The average molecular weight is 382 g/mol. The molecule has 24 heavy (non-hydrogen) atoms. The summed E-state index contributed by atoms with van der Waals surface area (Å²) in [5.74, 6) is -0.218. The van der Waals surface area contributed by atoms with Gasteiger partial charge in [0.05, 0.1) is 16.2 Å². The molecule has 2 aliphatic carbocycles. The van der Waals surface area contributed by atoms with Gasteiger partial charge >= 0.3 is 0 Å². The van der Waals surface area contributed by atoms with Crippen molar-refractivity contribution in [2.45, 2.75) is 41.2 Å². The van der Waals surface area contributed by atoms with Crippen LogP contribution in [-0.4, -0.2) is 19.6 Å². The first-order chi connectivity index (χ1) is 11.4. The van der Waals surface area contributed by atoms with Crippen molar-refractivity contribution in [1.82, 2.24) is 5.32 Å². The van der Waals surface area contributed by atoms with E-state index in [2.05, 4.69) is 5.32 Å². The number of carbonyl (C=O) groups is 1. The minimum absolute atomic E-state index is 0.0460. The summed E-state index contributed by atoms with van der Waals surface area (Å²) >= 11 is 7.07. The maximum atomic E-state index is 12.5. The summed E-state index contributed by atoms with van der Waals surface area (Å²) in [5.41, 5.74) is 2.26. The fourth-order valence-corrected chi connectivity index (χ4v) is 6.42. The Morgan fingerprint density at radius 2 is 1.96 bits per heavy atom. The van der Waals surface area contributed by atoms with Crippen LogP contribution in [0, 0.1) is 0 Å². The summed E-state index contributed by atoms with van der Waals surface area (Å²) in [7, 11) is -3.24. The highest BCUT2D eigenvalue weighted by atomic mass is 35.5. The number of halogens is 1. The number of hydrogen-bond donors (Lipinski definition) is 1. The van der Waals surface area contributed by atoms with Crippen LogP contribution in [0.1, 0.15) is 46.1 Å². The number of fused-ring (bicyclic) bond motifs is 1. The topological polar surface area (TPSA) is 63.2 Å². The minimum atomic E-state index is -3.24. The largest absolute Gasteiger partial charge is 0.345 e. The van der Waals surface area contributed by atoms with E-state index in [1.54, 1.807) is 12.1 Å². The molecule has 126 valence electrons. The van der Waals surface area contributed by atoms with E-state index in [1.165, 1.54) is 0 Å². The number of nitrogens with one attached hydrogen (secondary N) is 1. The lowest BCUT2D eigenvalue weighted by Crippen LogP contribution is -2.26. The Bertz CT molecular complexity index is 916. The van der Waals surface area contributed by atoms with Crippen LogP contribution in [0.15, 0.2) is 34.5 Å². The first-order valence-electron chi connectivity index (χ1n) is 7.88. The molecule has 1 atom stereocenters. The van der Waals surface area contributed by atoms with Gasteiger partial charge in [-0.15, -0.1) is 11.3 Å². The van der Waals surface area contributed by atoms with Crippen molar-refractivity contribution in [2.75, 3.05) is 0 Å². The zero-order chi connectivity index (χ0) is 16.9. The second-order valence-electron chi connectivity index (χ2n) is 6.27. The normalized spacial score (nSPS) is 20.0. The summed E-state index contributed by atoms with van der Waals surface area (Å²) in [5, 5.41) is 3.47. The lowest BCUT2D eigenvalue weighted by molar-refractivity contribution is 0.0941. The second-order valence-corrected chi connectivity index (χ2v) is 10.2. The van der Waals surface area contributed by atoms with Crippen molar-refractivity contribution < 1.29 is 13.2 Å². The molecule has 1 amide bonds. The molecule has 1 aromatic heterocycles. The minimum Gasteiger partial charge on any atom is -0.345 e. The molecule has 0 bridgehead atoms. The zero-order valence-corrected chi connectivity index (χ0v) is 15.2. The molecule has 0 saturated heterocycles. The maximum Gasteiger partial charge on any atom is 0.261 e. The Hall–Kier alpha value is -1.37. The van der Waals surface area contributed by atoms with Crippen LogP contribution in [0.5, 0.6) is 0 Å². The standard InChI is InChI=1S/C17H16ClNO3S2/c18-11-2-5-13-10(9-11)1-6-14(13)19-17(20)15-7-8-16(23-15)24(21,22)12-3-4-12/h2,5,7-9,12,14H,1,3-4,6H2,(H,19,20)/t14-/m1/s1. The molecule has 4 rings (SSSR count). The molecule has 2 aliphatic rings. The van der Waals surface area contributed by atoms with Crippen LogP contribution in [0.3, 0.4) is 0 Å². The first kappa shape index (κ1) is 16.1. The van der Waals surface area contributed by atoms with Crippen molar-refractivity contribution in [2.24, 2.45) is 0 Å². The second kappa shape index (κ2) is 5.86. The molecule has 1 fully saturated rings. The molecule has 4 nitrogen and oxygen atoms in total. The highest BCUT2D eigenvalue weighted by Gasteiger charge is 2.38. The summed E-state index contributed by atoms with van der Waals surface area (Å²) in [6.45, 7) is 0. The molecule has 7 heteroatoms. The van der Waals surface area contributed by atoms with E-state index in [4.69, 9.17) is 11.6 Å². The molecular weight excluding hydrogens is 366 g/mol. The third-order valence-electron chi connectivity index (χ3n) is 4.54. The van der Waals surface area contributed by atoms with Crippen LogP contribution in [0.4, 0.5) is 0 Å². The molecule has 1 aromatic carbocycles. The fraction of sp³-hybridized carbons (Fsp3) is 0.353. The quantitative estimate of drug-likeness (QED) is 0.877. The van der Waals surface area contributed by atoms with Gasteiger partial charge in [0, 0.05) is 5.02 Å². The highest BCUT2D eigenvalue weighted by molar-refractivity contribution is 7.94. The maximum absolute atomic E-state index is 12.5. The third kappa shape index (κ3) is 2.87. The molecule has 0 aliphatic heterocycles. The predicted octanol–water partition coefficient (Wildman–Crippen LogP) is 3.75. The van der Waals surface area contributed by atoms with Crippen molar-refractivity contribution in [3.63, 3.8) is 0 Å². The van der Waals surface area contributed by atoms with E-state index in [0.717, 1.165) is 48.1 Å². The Morgan fingerprint density at radius 1 is 1.17 bits per heavy atom. The zero-order valence-electron chi connectivity index (χ0n) is 12.8. The van der Waals surface area contributed by atoms with E-state index >= 15 is 0 Å². The number of aryl methyl sites for hydroxylation is 1. The lowest BCUT2D eigenvalue weighted by atomic mass is 10.1. The van der Waals surface area contributed by atoms with Gasteiger partial charge in [0.2, 0.25) is 0 Å². The monoisotopic (exact) mass is 381 g/mol. The van der Waals surface area contributed by atoms with Crippen LogP contribution >= 0.6 is 22.9 Å². The summed E-state index contributed by atoms with van der Waals surface area (Å²) in [6.07, 6.45) is 3.17. The van der Waals surface area contributed by atoms with Crippen molar-refractivity contribution in [3.8, 4) is 0 Å². The van der Waals surface area contributed by atoms with Gasteiger partial charge in [0.25, 0.3) is 5.91 Å². The molecule has 1 heterocycles. The Morgan fingerprint density at radius 3 is 2.71 bits per heavy atom. The Labute approximate surface area is 149 Å². The van der Waals surface area contributed by atoms with Crippen LogP contribution in [0.2, 0.25) is 5.02 Å². The van der Waals surface area contributed by atoms with Gasteiger partial charge in [0.15, 0.2) is 9.84 Å².